The van der Waals surface area contributed by atoms with Crippen LogP contribution in [0.25, 0.3) is 0 Å². The van der Waals surface area contributed by atoms with Gasteiger partial charge in [0, 0.05) is 0 Å². The Morgan fingerprint density at radius 2 is 2.00 bits per heavy atom. The van der Waals surface area contributed by atoms with Crippen molar-refractivity contribution >= 4 is 5.97 Å². The summed E-state index contributed by atoms with van der Waals surface area (Å²) in [4.78, 5) is 10.5. The molecule has 0 aromatic heterocycles. The van der Waals surface area contributed by atoms with E-state index in [9.17, 15) is 4.79 Å². The van der Waals surface area contributed by atoms with E-state index in [0.29, 0.717) is 5.92 Å². The zero-order valence-corrected chi connectivity index (χ0v) is 8.13. The van der Waals surface area contributed by atoms with Crippen molar-refractivity contribution in [2.45, 2.75) is 33.6 Å². The number of rotatable bonds is 5. The van der Waals surface area contributed by atoms with Crippen LogP contribution < -0.4 is 0 Å². The first kappa shape index (κ1) is 11.2. The van der Waals surface area contributed by atoms with Crippen molar-refractivity contribution in [1.29, 1.82) is 0 Å². The highest BCUT2D eigenvalue weighted by atomic mass is 16.4. The fraction of sp³-hybridized carbons (Fsp3) is 0.700. The van der Waals surface area contributed by atoms with Crippen molar-refractivity contribution in [1.82, 2.24) is 0 Å². The van der Waals surface area contributed by atoms with E-state index in [1.54, 1.807) is 6.92 Å². The van der Waals surface area contributed by atoms with Crippen LogP contribution in [0.15, 0.2) is 12.2 Å². The van der Waals surface area contributed by atoms with Crippen molar-refractivity contribution in [2.24, 2.45) is 11.8 Å². The fourth-order valence-electron chi connectivity index (χ4n) is 1.38. The van der Waals surface area contributed by atoms with E-state index in [4.69, 9.17) is 5.11 Å². The van der Waals surface area contributed by atoms with Crippen molar-refractivity contribution in [2.75, 3.05) is 0 Å². The lowest BCUT2D eigenvalue weighted by atomic mass is 9.93. The predicted octanol–water partition coefficient (Wildman–Crippen LogP) is 2.70. The molecule has 2 nitrogen and oxygen atoms in total. The molecule has 0 aromatic rings. The first-order valence-electron chi connectivity index (χ1n) is 4.30. The molecule has 0 saturated heterocycles. The van der Waals surface area contributed by atoms with Gasteiger partial charge >= 0.3 is 5.97 Å². The lowest BCUT2D eigenvalue weighted by Crippen LogP contribution is -2.13. The topological polar surface area (TPSA) is 37.3 Å². The molecule has 1 N–H and O–H groups in total. The van der Waals surface area contributed by atoms with E-state index in [1.807, 2.05) is 6.92 Å². The van der Waals surface area contributed by atoms with Crippen molar-refractivity contribution in [3.63, 3.8) is 0 Å². The zero-order chi connectivity index (χ0) is 9.72. The molecule has 0 bridgehead atoms. The van der Waals surface area contributed by atoms with Crippen LogP contribution in [0.5, 0.6) is 0 Å². The molecule has 0 heterocycles. The molecular weight excluding hydrogens is 152 g/mol. The summed E-state index contributed by atoms with van der Waals surface area (Å²) in [6, 6.07) is 0. The van der Waals surface area contributed by atoms with Crippen LogP contribution in [0, 0.1) is 11.8 Å². The lowest BCUT2D eigenvalue weighted by molar-refractivity contribution is -0.141. The van der Waals surface area contributed by atoms with Crippen LogP contribution >= 0.6 is 0 Å². The Morgan fingerprint density at radius 3 is 2.33 bits per heavy atom. The second-order valence-corrected chi connectivity index (χ2v) is 3.74. The van der Waals surface area contributed by atoms with Gasteiger partial charge in [0.1, 0.15) is 0 Å². The fourth-order valence-corrected chi connectivity index (χ4v) is 1.38. The van der Waals surface area contributed by atoms with E-state index < -0.39 is 5.97 Å². The molecule has 0 saturated carbocycles. The van der Waals surface area contributed by atoms with Crippen LogP contribution in [0.4, 0.5) is 0 Å². The lowest BCUT2D eigenvalue weighted by Gasteiger charge is -2.13. The first-order chi connectivity index (χ1) is 5.43. The minimum Gasteiger partial charge on any atom is -0.481 e. The maximum absolute atomic E-state index is 10.5. The molecule has 0 fully saturated rings. The second kappa shape index (κ2) is 4.96. The van der Waals surface area contributed by atoms with E-state index >= 15 is 0 Å². The third-order valence-electron chi connectivity index (χ3n) is 1.87. The van der Waals surface area contributed by atoms with Crippen LogP contribution in [0.1, 0.15) is 33.6 Å². The van der Waals surface area contributed by atoms with Gasteiger partial charge < -0.3 is 5.11 Å². The monoisotopic (exact) mass is 170 g/mol. The number of carboxylic acids is 1. The smallest absolute Gasteiger partial charge is 0.306 e. The minimum atomic E-state index is -0.705. The van der Waals surface area contributed by atoms with Gasteiger partial charge in [-0.1, -0.05) is 19.4 Å². The normalized spacial score (nSPS) is 15.2. The maximum atomic E-state index is 10.5. The molecular formula is C10H18O2. The largest absolute Gasteiger partial charge is 0.481 e. The molecule has 70 valence electrons. The van der Waals surface area contributed by atoms with Gasteiger partial charge in [0.2, 0.25) is 0 Å². The van der Waals surface area contributed by atoms with Gasteiger partial charge in [-0.3, -0.25) is 4.79 Å². The van der Waals surface area contributed by atoms with Crippen LogP contribution in [-0.4, -0.2) is 11.1 Å². The highest BCUT2D eigenvalue weighted by Crippen LogP contribution is 2.18. The van der Waals surface area contributed by atoms with E-state index in [0.717, 1.165) is 18.4 Å². The molecule has 2 atom stereocenters. The first-order valence-corrected chi connectivity index (χ1v) is 4.30. The molecule has 12 heavy (non-hydrogen) atoms. The Labute approximate surface area is 74.3 Å². The maximum Gasteiger partial charge on any atom is 0.306 e. The Balaban J connectivity index is 3.76. The second-order valence-electron chi connectivity index (χ2n) is 3.74. The number of carboxylic acid groups (broad SMARTS) is 1. The van der Waals surface area contributed by atoms with E-state index in [-0.39, 0.29) is 5.92 Å². The molecule has 0 radical (unpaired) electrons. The van der Waals surface area contributed by atoms with Gasteiger partial charge in [0.05, 0.1) is 5.92 Å². The molecule has 0 rings (SSSR count). The molecule has 0 spiro atoms. The average molecular weight is 170 g/mol. The summed E-state index contributed by atoms with van der Waals surface area (Å²) in [5.74, 6) is -0.517. The molecule has 0 aromatic carbocycles. The van der Waals surface area contributed by atoms with Gasteiger partial charge in [-0.15, -0.1) is 6.58 Å². The van der Waals surface area contributed by atoms with E-state index in [1.165, 1.54) is 0 Å². The minimum absolute atomic E-state index is 0.237. The van der Waals surface area contributed by atoms with Gasteiger partial charge in [-0.25, -0.2) is 0 Å². The molecule has 2 heteroatoms. The van der Waals surface area contributed by atoms with E-state index in [2.05, 4.69) is 13.5 Å². The Hall–Kier alpha value is -0.790. The summed E-state index contributed by atoms with van der Waals surface area (Å²) in [5, 5.41) is 8.64. The Bertz CT molecular complexity index is 173. The van der Waals surface area contributed by atoms with Gasteiger partial charge in [-0.2, -0.15) is 0 Å². The number of hydrogen-bond donors (Lipinski definition) is 1. The number of carbonyl (C=O) groups is 1. The standard InChI is InChI=1S/C10H18O2/c1-7(2)5-8(3)6-9(4)10(11)12/h8-9H,1,5-6H2,2-4H3,(H,11,12)/t8-,9+/m0/s1. The summed E-state index contributed by atoms with van der Waals surface area (Å²) in [6.07, 6.45) is 1.67. The highest BCUT2D eigenvalue weighted by Gasteiger charge is 2.14. The van der Waals surface area contributed by atoms with Gasteiger partial charge in [0.15, 0.2) is 0 Å². The average Bonchev–Trinajstić information content (AvgIpc) is 1.84. The third-order valence-corrected chi connectivity index (χ3v) is 1.87. The van der Waals surface area contributed by atoms with Crippen molar-refractivity contribution < 1.29 is 9.90 Å². The van der Waals surface area contributed by atoms with Crippen molar-refractivity contribution in [3.05, 3.63) is 12.2 Å². The highest BCUT2D eigenvalue weighted by molar-refractivity contribution is 5.69. The van der Waals surface area contributed by atoms with Crippen molar-refractivity contribution in [3.8, 4) is 0 Å². The Kier molecular flexibility index (Phi) is 4.64. The summed E-state index contributed by atoms with van der Waals surface area (Å²) in [6.45, 7) is 9.58. The molecule has 0 unspecified atom stereocenters. The SMILES string of the molecule is C=C(C)C[C@H](C)C[C@@H](C)C(=O)O. The van der Waals surface area contributed by atoms with Crippen LogP contribution in [-0.2, 0) is 4.79 Å². The molecule has 0 aliphatic carbocycles. The predicted molar refractivity (Wildman–Crippen MR) is 50.0 cm³/mol. The summed E-state index contributed by atoms with van der Waals surface area (Å²) in [5.41, 5.74) is 1.13. The van der Waals surface area contributed by atoms with Gasteiger partial charge in [0.25, 0.3) is 0 Å². The number of allylic oxidation sites excluding steroid dienone is 1. The zero-order valence-electron chi connectivity index (χ0n) is 8.13. The quantitative estimate of drug-likeness (QED) is 0.644. The molecule has 0 aliphatic heterocycles. The Morgan fingerprint density at radius 1 is 1.50 bits per heavy atom. The third kappa shape index (κ3) is 4.94. The van der Waals surface area contributed by atoms with Crippen LogP contribution in [0.2, 0.25) is 0 Å². The molecule has 0 aliphatic rings. The van der Waals surface area contributed by atoms with Crippen LogP contribution in [0.3, 0.4) is 0 Å². The van der Waals surface area contributed by atoms with Gasteiger partial charge in [-0.05, 0) is 25.7 Å². The number of hydrogen-bond acceptors (Lipinski definition) is 1. The molecule has 0 amide bonds. The number of aliphatic carboxylic acids is 1. The summed E-state index contributed by atoms with van der Waals surface area (Å²) < 4.78 is 0. The summed E-state index contributed by atoms with van der Waals surface area (Å²) in [7, 11) is 0. The summed E-state index contributed by atoms with van der Waals surface area (Å²) >= 11 is 0.